The molecular formula is C14H14O3S2. The summed E-state index contributed by atoms with van der Waals surface area (Å²) in [5.74, 6) is 0.758. The van der Waals surface area contributed by atoms with Crippen LogP contribution in [-0.4, -0.2) is 16.8 Å². The molecule has 1 aromatic heterocycles. The molecule has 1 aromatic carbocycles. The molecule has 0 unspecified atom stereocenters. The molecule has 0 saturated carbocycles. The van der Waals surface area contributed by atoms with Crippen LogP contribution in [0, 0.1) is 6.92 Å². The average molecular weight is 294 g/mol. The number of carboxylic acids is 1. The third-order valence-electron chi connectivity index (χ3n) is 2.53. The summed E-state index contributed by atoms with van der Waals surface area (Å²) in [6, 6.07) is 7.43. The summed E-state index contributed by atoms with van der Waals surface area (Å²) < 4.78 is 5.24. The van der Waals surface area contributed by atoms with E-state index in [-0.39, 0.29) is 0 Å². The van der Waals surface area contributed by atoms with Gasteiger partial charge in [0.1, 0.15) is 5.76 Å². The van der Waals surface area contributed by atoms with Gasteiger partial charge in [-0.3, -0.25) is 0 Å². The highest BCUT2D eigenvalue weighted by atomic mass is 32.2. The Balaban J connectivity index is 2.42. The molecule has 0 amide bonds. The highest BCUT2D eigenvalue weighted by molar-refractivity contribution is 8.00. The number of benzene rings is 1. The molecule has 0 bridgehead atoms. The summed E-state index contributed by atoms with van der Waals surface area (Å²) in [4.78, 5) is 14.0. The van der Waals surface area contributed by atoms with Gasteiger partial charge in [-0.1, -0.05) is 24.8 Å². The molecule has 19 heavy (non-hydrogen) atoms. The largest absolute Gasteiger partial charge is 0.478 e. The van der Waals surface area contributed by atoms with E-state index < -0.39 is 5.97 Å². The van der Waals surface area contributed by atoms with Crippen molar-refractivity contribution in [3.05, 3.63) is 41.9 Å². The van der Waals surface area contributed by atoms with Crippen LogP contribution in [0.15, 0.2) is 49.6 Å². The molecule has 0 aliphatic carbocycles. The van der Waals surface area contributed by atoms with Crippen LogP contribution in [0.5, 0.6) is 0 Å². The maximum atomic E-state index is 11.5. The number of thioether (sulfide) groups is 1. The van der Waals surface area contributed by atoms with Crippen LogP contribution in [0.2, 0.25) is 0 Å². The number of aromatic carboxylic acids is 1. The molecule has 2 rings (SSSR count). The van der Waals surface area contributed by atoms with Crippen LogP contribution in [0.4, 0.5) is 0 Å². The maximum absolute atomic E-state index is 11.5. The van der Waals surface area contributed by atoms with E-state index in [1.54, 1.807) is 18.0 Å². The lowest BCUT2D eigenvalue weighted by atomic mass is 10.2. The second kappa shape index (κ2) is 6.21. The lowest BCUT2D eigenvalue weighted by Crippen LogP contribution is -2.01. The Morgan fingerprint density at radius 1 is 1.26 bits per heavy atom. The van der Waals surface area contributed by atoms with E-state index in [0.29, 0.717) is 5.56 Å². The Morgan fingerprint density at radius 3 is 2.58 bits per heavy atom. The second-order valence-corrected chi connectivity index (χ2v) is 6.20. The summed E-state index contributed by atoms with van der Waals surface area (Å²) >= 11 is 2.97. The standard InChI is InChI=1S/C14H14O3S2/c1-3-18-11-5-4-6-12(13(11)14(15)16)19-10-7-8-17-9(10)2/h4-8H,3H2,1-2H3,(H,15,16). The molecule has 5 heteroatoms. The number of hydrogen-bond donors (Lipinski definition) is 1. The topological polar surface area (TPSA) is 50.4 Å². The molecule has 2 aromatic rings. The molecule has 0 aliphatic rings. The van der Waals surface area contributed by atoms with Crippen LogP contribution in [0.1, 0.15) is 23.0 Å². The SMILES string of the molecule is CCSc1cccc(Sc2ccoc2C)c1C(=O)O. The molecule has 0 aliphatic heterocycles. The Bertz CT molecular complexity index is 590. The second-order valence-electron chi connectivity index (χ2n) is 3.81. The summed E-state index contributed by atoms with van der Waals surface area (Å²) in [7, 11) is 0. The van der Waals surface area contributed by atoms with Crippen molar-refractivity contribution >= 4 is 29.5 Å². The fraction of sp³-hybridized carbons (Fsp3) is 0.214. The van der Waals surface area contributed by atoms with Crippen molar-refractivity contribution in [2.75, 3.05) is 5.75 Å². The van der Waals surface area contributed by atoms with Crippen LogP contribution < -0.4 is 0 Å². The van der Waals surface area contributed by atoms with E-state index in [9.17, 15) is 9.90 Å². The third kappa shape index (κ3) is 3.16. The van der Waals surface area contributed by atoms with E-state index >= 15 is 0 Å². The number of furan rings is 1. The number of aryl methyl sites for hydroxylation is 1. The van der Waals surface area contributed by atoms with E-state index in [4.69, 9.17) is 4.42 Å². The first-order chi connectivity index (χ1) is 9.13. The van der Waals surface area contributed by atoms with Gasteiger partial charge < -0.3 is 9.52 Å². The minimum Gasteiger partial charge on any atom is -0.478 e. The third-order valence-corrected chi connectivity index (χ3v) is 4.68. The Labute approximate surface area is 120 Å². The first-order valence-electron chi connectivity index (χ1n) is 5.84. The quantitative estimate of drug-likeness (QED) is 0.820. The minimum absolute atomic E-state index is 0.375. The van der Waals surface area contributed by atoms with E-state index in [0.717, 1.165) is 26.2 Å². The van der Waals surface area contributed by atoms with Crippen molar-refractivity contribution < 1.29 is 14.3 Å². The normalized spacial score (nSPS) is 10.6. The lowest BCUT2D eigenvalue weighted by Gasteiger charge is -2.09. The molecule has 1 heterocycles. The van der Waals surface area contributed by atoms with Crippen LogP contribution in [0.25, 0.3) is 0 Å². The predicted octanol–water partition coefficient (Wildman–Crippen LogP) is 4.55. The zero-order valence-corrected chi connectivity index (χ0v) is 12.3. The molecule has 3 nitrogen and oxygen atoms in total. The monoisotopic (exact) mass is 294 g/mol. The molecule has 0 fully saturated rings. The van der Waals surface area contributed by atoms with Crippen molar-refractivity contribution in [3.63, 3.8) is 0 Å². The molecule has 0 spiro atoms. The molecule has 1 N–H and O–H groups in total. The van der Waals surface area contributed by atoms with Crippen molar-refractivity contribution in [1.29, 1.82) is 0 Å². The fourth-order valence-electron chi connectivity index (χ4n) is 1.68. The van der Waals surface area contributed by atoms with Crippen LogP contribution in [-0.2, 0) is 0 Å². The van der Waals surface area contributed by atoms with Crippen LogP contribution >= 0.6 is 23.5 Å². The zero-order valence-electron chi connectivity index (χ0n) is 10.7. The summed E-state index contributed by atoms with van der Waals surface area (Å²) in [6.07, 6.45) is 1.61. The summed E-state index contributed by atoms with van der Waals surface area (Å²) in [5, 5.41) is 9.42. The first-order valence-corrected chi connectivity index (χ1v) is 7.64. The molecular weight excluding hydrogens is 280 g/mol. The first kappa shape index (κ1) is 14.1. The van der Waals surface area contributed by atoms with Gasteiger partial charge in [-0.2, -0.15) is 0 Å². The predicted molar refractivity (Wildman–Crippen MR) is 77.4 cm³/mol. The number of rotatable bonds is 5. The van der Waals surface area contributed by atoms with Crippen molar-refractivity contribution in [2.45, 2.75) is 28.5 Å². The summed E-state index contributed by atoms with van der Waals surface area (Å²) in [6.45, 7) is 3.88. The van der Waals surface area contributed by atoms with Crippen LogP contribution in [0.3, 0.4) is 0 Å². The minimum atomic E-state index is -0.889. The number of carboxylic acid groups (broad SMARTS) is 1. The van der Waals surface area contributed by atoms with Crippen molar-refractivity contribution in [2.24, 2.45) is 0 Å². The smallest absolute Gasteiger partial charge is 0.337 e. The molecule has 0 atom stereocenters. The maximum Gasteiger partial charge on any atom is 0.337 e. The number of hydrogen-bond acceptors (Lipinski definition) is 4. The van der Waals surface area contributed by atoms with E-state index in [2.05, 4.69) is 0 Å². The van der Waals surface area contributed by atoms with E-state index in [1.165, 1.54) is 11.8 Å². The molecule has 0 saturated heterocycles. The van der Waals surface area contributed by atoms with Gasteiger partial charge in [0, 0.05) is 9.79 Å². The van der Waals surface area contributed by atoms with Gasteiger partial charge in [0.15, 0.2) is 0 Å². The Kier molecular flexibility index (Phi) is 4.61. The van der Waals surface area contributed by atoms with Gasteiger partial charge in [0.2, 0.25) is 0 Å². The highest BCUT2D eigenvalue weighted by Crippen LogP contribution is 2.37. The van der Waals surface area contributed by atoms with Crippen molar-refractivity contribution in [1.82, 2.24) is 0 Å². The van der Waals surface area contributed by atoms with Gasteiger partial charge in [-0.05, 0) is 30.9 Å². The summed E-state index contributed by atoms with van der Waals surface area (Å²) in [5.41, 5.74) is 0.375. The van der Waals surface area contributed by atoms with E-state index in [1.807, 2.05) is 38.1 Å². The Hall–Kier alpha value is -1.33. The van der Waals surface area contributed by atoms with Crippen molar-refractivity contribution in [3.8, 4) is 0 Å². The molecule has 100 valence electrons. The Morgan fingerprint density at radius 2 is 2.00 bits per heavy atom. The number of carbonyl (C=O) groups is 1. The highest BCUT2D eigenvalue weighted by Gasteiger charge is 2.17. The fourth-order valence-corrected chi connectivity index (χ4v) is 3.57. The van der Waals surface area contributed by atoms with Gasteiger partial charge in [-0.15, -0.1) is 11.8 Å². The van der Waals surface area contributed by atoms with Gasteiger partial charge in [-0.25, -0.2) is 4.79 Å². The van der Waals surface area contributed by atoms with Gasteiger partial charge >= 0.3 is 5.97 Å². The van der Waals surface area contributed by atoms with Gasteiger partial charge in [0.05, 0.1) is 16.7 Å². The zero-order chi connectivity index (χ0) is 13.8. The van der Waals surface area contributed by atoms with Gasteiger partial charge in [0.25, 0.3) is 0 Å². The molecule has 0 radical (unpaired) electrons. The lowest BCUT2D eigenvalue weighted by molar-refractivity contribution is 0.0689. The average Bonchev–Trinajstić information content (AvgIpc) is 2.75.